The Morgan fingerprint density at radius 3 is 2.33 bits per heavy atom. The SMILES string of the molecule is CC(C)=CC(=O)N[C@H](C)COCC(C)C. The van der Waals surface area contributed by atoms with E-state index in [0.29, 0.717) is 12.5 Å². The van der Waals surface area contributed by atoms with E-state index in [0.717, 1.165) is 12.2 Å². The lowest BCUT2D eigenvalue weighted by atomic mass is 10.2. The van der Waals surface area contributed by atoms with Crippen molar-refractivity contribution in [3.8, 4) is 0 Å². The number of ether oxygens (including phenoxy) is 1. The van der Waals surface area contributed by atoms with Crippen LogP contribution in [-0.2, 0) is 9.53 Å². The summed E-state index contributed by atoms with van der Waals surface area (Å²) in [6.45, 7) is 11.3. The molecule has 15 heavy (non-hydrogen) atoms. The normalized spacial score (nSPS) is 12.4. The van der Waals surface area contributed by atoms with Crippen LogP contribution in [0.5, 0.6) is 0 Å². The van der Waals surface area contributed by atoms with Crippen molar-refractivity contribution >= 4 is 5.91 Å². The van der Waals surface area contributed by atoms with Crippen LogP contribution in [0.2, 0.25) is 0 Å². The number of allylic oxidation sites excluding steroid dienone is 1. The fourth-order valence-electron chi connectivity index (χ4n) is 1.07. The van der Waals surface area contributed by atoms with Crippen LogP contribution < -0.4 is 5.32 Å². The van der Waals surface area contributed by atoms with E-state index in [9.17, 15) is 4.79 Å². The molecule has 0 aromatic heterocycles. The highest BCUT2D eigenvalue weighted by Gasteiger charge is 2.05. The summed E-state index contributed by atoms with van der Waals surface area (Å²) >= 11 is 0. The summed E-state index contributed by atoms with van der Waals surface area (Å²) in [5.74, 6) is 0.487. The van der Waals surface area contributed by atoms with Gasteiger partial charge in [-0.2, -0.15) is 0 Å². The molecule has 0 aromatic carbocycles. The van der Waals surface area contributed by atoms with Gasteiger partial charge in [0.25, 0.3) is 0 Å². The molecule has 1 N–H and O–H groups in total. The summed E-state index contributed by atoms with van der Waals surface area (Å²) in [6, 6.07) is 0.0619. The topological polar surface area (TPSA) is 38.3 Å². The maximum atomic E-state index is 11.3. The van der Waals surface area contributed by atoms with E-state index < -0.39 is 0 Å². The highest BCUT2D eigenvalue weighted by Crippen LogP contribution is 1.94. The van der Waals surface area contributed by atoms with E-state index in [1.54, 1.807) is 6.08 Å². The standard InChI is InChI=1S/C12H23NO2/c1-9(2)6-12(14)13-11(5)8-15-7-10(3)4/h6,10-11H,7-8H2,1-5H3,(H,13,14)/t11-/m1/s1. The van der Waals surface area contributed by atoms with Crippen molar-refractivity contribution < 1.29 is 9.53 Å². The van der Waals surface area contributed by atoms with Crippen LogP contribution in [-0.4, -0.2) is 25.2 Å². The molecule has 0 saturated carbocycles. The highest BCUT2D eigenvalue weighted by molar-refractivity contribution is 5.88. The maximum absolute atomic E-state index is 11.3. The van der Waals surface area contributed by atoms with Crippen LogP contribution in [0.4, 0.5) is 0 Å². The summed E-state index contributed by atoms with van der Waals surface area (Å²) in [7, 11) is 0. The lowest BCUT2D eigenvalue weighted by Gasteiger charge is -2.14. The van der Waals surface area contributed by atoms with Crippen LogP contribution in [0.25, 0.3) is 0 Å². The van der Waals surface area contributed by atoms with Crippen LogP contribution in [0, 0.1) is 5.92 Å². The summed E-state index contributed by atoms with van der Waals surface area (Å²) in [4.78, 5) is 11.3. The Balaban J connectivity index is 3.69. The molecule has 0 spiro atoms. The average molecular weight is 213 g/mol. The maximum Gasteiger partial charge on any atom is 0.244 e. The van der Waals surface area contributed by atoms with Gasteiger partial charge in [-0.15, -0.1) is 0 Å². The first-order valence-electron chi connectivity index (χ1n) is 5.45. The number of rotatable bonds is 6. The van der Waals surface area contributed by atoms with Gasteiger partial charge in [0.15, 0.2) is 0 Å². The van der Waals surface area contributed by atoms with Crippen molar-refractivity contribution in [2.75, 3.05) is 13.2 Å². The zero-order chi connectivity index (χ0) is 11.8. The molecule has 0 saturated heterocycles. The van der Waals surface area contributed by atoms with Crippen molar-refractivity contribution in [3.63, 3.8) is 0 Å². The number of amides is 1. The zero-order valence-corrected chi connectivity index (χ0v) is 10.5. The molecule has 0 unspecified atom stereocenters. The Labute approximate surface area is 92.9 Å². The minimum Gasteiger partial charge on any atom is -0.379 e. The van der Waals surface area contributed by atoms with E-state index >= 15 is 0 Å². The molecule has 0 rings (SSSR count). The van der Waals surface area contributed by atoms with Gasteiger partial charge in [-0.1, -0.05) is 19.4 Å². The third kappa shape index (κ3) is 9.47. The Bertz CT molecular complexity index is 218. The predicted molar refractivity (Wildman–Crippen MR) is 62.7 cm³/mol. The van der Waals surface area contributed by atoms with Gasteiger partial charge in [0.2, 0.25) is 5.91 Å². The van der Waals surface area contributed by atoms with Gasteiger partial charge in [-0.05, 0) is 26.7 Å². The Hall–Kier alpha value is -0.830. The molecular formula is C12H23NO2. The van der Waals surface area contributed by atoms with Crippen LogP contribution >= 0.6 is 0 Å². The summed E-state index contributed by atoms with van der Waals surface area (Å²) in [5.41, 5.74) is 1.00. The van der Waals surface area contributed by atoms with Gasteiger partial charge in [0.05, 0.1) is 6.61 Å². The first-order chi connectivity index (χ1) is 6.91. The van der Waals surface area contributed by atoms with Gasteiger partial charge in [0.1, 0.15) is 0 Å². The Morgan fingerprint density at radius 1 is 1.27 bits per heavy atom. The predicted octanol–water partition coefficient (Wildman–Crippen LogP) is 2.13. The third-order valence-corrected chi connectivity index (χ3v) is 1.63. The largest absolute Gasteiger partial charge is 0.379 e. The second kappa shape index (κ2) is 7.46. The lowest BCUT2D eigenvalue weighted by Crippen LogP contribution is -2.35. The Morgan fingerprint density at radius 2 is 1.87 bits per heavy atom. The minimum atomic E-state index is -0.0457. The Kier molecular flexibility index (Phi) is 7.05. The van der Waals surface area contributed by atoms with Crippen molar-refractivity contribution in [1.29, 1.82) is 0 Å². The molecule has 1 amide bonds. The van der Waals surface area contributed by atoms with E-state index in [1.807, 2.05) is 20.8 Å². The number of carbonyl (C=O) groups is 1. The van der Waals surface area contributed by atoms with Crippen LogP contribution in [0.1, 0.15) is 34.6 Å². The molecule has 88 valence electrons. The van der Waals surface area contributed by atoms with Crippen molar-refractivity contribution in [2.45, 2.75) is 40.7 Å². The summed E-state index contributed by atoms with van der Waals surface area (Å²) in [6.07, 6.45) is 1.60. The van der Waals surface area contributed by atoms with E-state index in [1.165, 1.54) is 0 Å². The molecule has 3 nitrogen and oxygen atoms in total. The first-order valence-corrected chi connectivity index (χ1v) is 5.45. The monoisotopic (exact) mass is 213 g/mol. The van der Waals surface area contributed by atoms with Crippen LogP contribution in [0.15, 0.2) is 11.6 Å². The van der Waals surface area contributed by atoms with Crippen molar-refractivity contribution in [2.24, 2.45) is 5.92 Å². The quantitative estimate of drug-likeness (QED) is 0.686. The van der Waals surface area contributed by atoms with Crippen LogP contribution in [0.3, 0.4) is 0 Å². The molecule has 0 radical (unpaired) electrons. The van der Waals surface area contributed by atoms with E-state index in [2.05, 4.69) is 19.2 Å². The highest BCUT2D eigenvalue weighted by atomic mass is 16.5. The first kappa shape index (κ1) is 14.2. The van der Waals surface area contributed by atoms with E-state index in [4.69, 9.17) is 4.74 Å². The number of hydrogen-bond donors (Lipinski definition) is 1. The van der Waals surface area contributed by atoms with Crippen molar-refractivity contribution in [1.82, 2.24) is 5.32 Å². The molecule has 0 heterocycles. The molecule has 0 bridgehead atoms. The number of carbonyl (C=O) groups excluding carboxylic acids is 1. The minimum absolute atomic E-state index is 0.0457. The zero-order valence-electron chi connectivity index (χ0n) is 10.5. The van der Waals surface area contributed by atoms with E-state index in [-0.39, 0.29) is 11.9 Å². The van der Waals surface area contributed by atoms with Gasteiger partial charge in [0, 0.05) is 18.7 Å². The molecule has 0 aromatic rings. The molecule has 0 fully saturated rings. The summed E-state index contributed by atoms with van der Waals surface area (Å²) < 4.78 is 5.43. The van der Waals surface area contributed by atoms with Gasteiger partial charge in [-0.25, -0.2) is 0 Å². The van der Waals surface area contributed by atoms with Gasteiger partial charge < -0.3 is 10.1 Å². The third-order valence-electron chi connectivity index (χ3n) is 1.63. The molecule has 0 aliphatic carbocycles. The van der Waals surface area contributed by atoms with Crippen molar-refractivity contribution in [3.05, 3.63) is 11.6 Å². The molecule has 3 heteroatoms. The molecule has 1 atom stereocenters. The average Bonchev–Trinajstić information content (AvgIpc) is 2.00. The number of hydrogen-bond acceptors (Lipinski definition) is 2. The fourth-order valence-corrected chi connectivity index (χ4v) is 1.07. The van der Waals surface area contributed by atoms with Gasteiger partial charge in [-0.3, -0.25) is 4.79 Å². The summed E-state index contributed by atoms with van der Waals surface area (Å²) in [5, 5.41) is 2.84. The molecular weight excluding hydrogens is 190 g/mol. The second-order valence-electron chi connectivity index (χ2n) is 4.56. The molecule has 0 aliphatic rings. The smallest absolute Gasteiger partial charge is 0.244 e. The fraction of sp³-hybridized carbons (Fsp3) is 0.750. The molecule has 0 aliphatic heterocycles. The van der Waals surface area contributed by atoms with Gasteiger partial charge >= 0.3 is 0 Å². The number of nitrogens with one attached hydrogen (secondary N) is 1. The second-order valence-corrected chi connectivity index (χ2v) is 4.56. The lowest BCUT2D eigenvalue weighted by molar-refractivity contribution is -0.117.